The lowest BCUT2D eigenvalue weighted by molar-refractivity contribution is -0.118. The molecule has 1 aromatic rings. The number of amides is 1. The van der Waals surface area contributed by atoms with E-state index in [1.54, 1.807) is 7.05 Å². The summed E-state index contributed by atoms with van der Waals surface area (Å²) in [4.78, 5) is 18.5. The molecular weight excluding hydrogens is 453 g/mol. The van der Waals surface area contributed by atoms with Crippen molar-refractivity contribution in [3.8, 4) is 0 Å². The van der Waals surface area contributed by atoms with Gasteiger partial charge >= 0.3 is 0 Å². The Balaban J connectivity index is 0.00000364. The summed E-state index contributed by atoms with van der Waals surface area (Å²) in [5.74, 6) is 0.837. The highest BCUT2D eigenvalue weighted by Gasteiger charge is 2.09. The van der Waals surface area contributed by atoms with Crippen molar-refractivity contribution in [1.82, 2.24) is 15.5 Å². The number of hydrogen-bond acceptors (Lipinski definition) is 3. The van der Waals surface area contributed by atoms with Gasteiger partial charge in [-0.2, -0.15) is 0 Å². The van der Waals surface area contributed by atoms with Crippen LogP contribution in [-0.2, 0) is 11.3 Å². The SMILES string of the molecule is CN=C(NCCN1CCCCC1)NCc1ccc(NC(=O)C(C)C)cc1.I. The zero-order valence-electron chi connectivity index (χ0n) is 16.8. The van der Waals surface area contributed by atoms with E-state index in [1.807, 2.05) is 38.1 Å². The molecule has 1 aliphatic heterocycles. The van der Waals surface area contributed by atoms with Crippen molar-refractivity contribution in [3.05, 3.63) is 29.8 Å². The van der Waals surface area contributed by atoms with Crippen molar-refractivity contribution in [2.24, 2.45) is 10.9 Å². The standard InChI is InChI=1S/C20H33N5O.HI/c1-16(2)19(26)24-18-9-7-17(8-10-18)15-23-20(21-3)22-11-14-25-12-5-4-6-13-25;/h7-10,16H,4-6,11-15H2,1-3H3,(H,24,26)(H2,21,22,23);1H. The Morgan fingerprint density at radius 2 is 1.78 bits per heavy atom. The minimum atomic E-state index is -0.0179. The predicted molar refractivity (Wildman–Crippen MR) is 124 cm³/mol. The summed E-state index contributed by atoms with van der Waals surface area (Å²) in [6.45, 7) is 8.86. The van der Waals surface area contributed by atoms with Gasteiger partial charge < -0.3 is 20.9 Å². The lowest BCUT2D eigenvalue weighted by Gasteiger charge is -2.26. The molecule has 0 aliphatic carbocycles. The smallest absolute Gasteiger partial charge is 0.226 e. The van der Waals surface area contributed by atoms with Crippen LogP contribution < -0.4 is 16.0 Å². The zero-order chi connectivity index (χ0) is 18.8. The first-order valence-corrected chi connectivity index (χ1v) is 9.65. The van der Waals surface area contributed by atoms with Gasteiger partial charge in [-0.3, -0.25) is 9.79 Å². The molecule has 0 bridgehead atoms. The van der Waals surface area contributed by atoms with Crippen LogP contribution in [-0.4, -0.2) is 50.0 Å². The monoisotopic (exact) mass is 487 g/mol. The molecule has 1 amide bonds. The Bertz CT molecular complexity index is 583. The third-order valence-electron chi connectivity index (χ3n) is 4.60. The fraction of sp³-hybridized carbons (Fsp3) is 0.600. The number of piperidine rings is 1. The number of halogens is 1. The Morgan fingerprint density at radius 1 is 1.11 bits per heavy atom. The largest absolute Gasteiger partial charge is 0.355 e. The third-order valence-corrected chi connectivity index (χ3v) is 4.60. The Labute approximate surface area is 180 Å². The molecule has 3 N–H and O–H groups in total. The van der Waals surface area contributed by atoms with Gasteiger partial charge in [-0.1, -0.05) is 32.4 Å². The Morgan fingerprint density at radius 3 is 2.37 bits per heavy atom. The minimum absolute atomic E-state index is 0. The molecule has 0 radical (unpaired) electrons. The van der Waals surface area contributed by atoms with Gasteiger partial charge in [-0.05, 0) is 43.6 Å². The average molecular weight is 487 g/mol. The summed E-state index contributed by atoms with van der Waals surface area (Å²) in [5, 5.41) is 9.62. The molecular formula is C20H34IN5O. The number of likely N-dealkylation sites (tertiary alicyclic amines) is 1. The number of aliphatic imine (C=N–C) groups is 1. The van der Waals surface area contributed by atoms with Gasteiger partial charge in [0.1, 0.15) is 0 Å². The van der Waals surface area contributed by atoms with Gasteiger partial charge in [0, 0.05) is 38.3 Å². The van der Waals surface area contributed by atoms with Crippen LogP contribution in [0.4, 0.5) is 5.69 Å². The number of carbonyl (C=O) groups excluding carboxylic acids is 1. The molecule has 6 nitrogen and oxygen atoms in total. The highest BCUT2D eigenvalue weighted by Crippen LogP contribution is 2.11. The van der Waals surface area contributed by atoms with Crippen LogP contribution in [0.1, 0.15) is 38.7 Å². The number of carbonyl (C=O) groups is 1. The molecule has 7 heteroatoms. The zero-order valence-corrected chi connectivity index (χ0v) is 19.1. The fourth-order valence-electron chi connectivity index (χ4n) is 2.91. The summed E-state index contributed by atoms with van der Waals surface area (Å²) >= 11 is 0. The van der Waals surface area contributed by atoms with Crippen molar-refractivity contribution < 1.29 is 4.79 Å². The van der Waals surface area contributed by atoms with Crippen molar-refractivity contribution >= 4 is 41.5 Å². The van der Waals surface area contributed by atoms with Gasteiger partial charge in [-0.25, -0.2) is 0 Å². The summed E-state index contributed by atoms with van der Waals surface area (Å²) in [5.41, 5.74) is 1.98. The van der Waals surface area contributed by atoms with Crippen molar-refractivity contribution in [2.75, 3.05) is 38.5 Å². The number of rotatable bonds is 7. The molecule has 1 aromatic carbocycles. The van der Waals surface area contributed by atoms with E-state index in [0.717, 1.165) is 30.3 Å². The number of benzene rings is 1. The maximum atomic E-state index is 11.7. The summed E-state index contributed by atoms with van der Waals surface area (Å²) < 4.78 is 0. The fourth-order valence-corrected chi connectivity index (χ4v) is 2.91. The molecule has 1 fully saturated rings. The highest BCUT2D eigenvalue weighted by atomic mass is 127. The van der Waals surface area contributed by atoms with Crippen molar-refractivity contribution in [1.29, 1.82) is 0 Å². The molecule has 1 aliphatic rings. The molecule has 1 saturated heterocycles. The lowest BCUT2D eigenvalue weighted by Crippen LogP contribution is -2.42. The van der Waals surface area contributed by atoms with E-state index >= 15 is 0 Å². The molecule has 0 spiro atoms. The van der Waals surface area contributed by atoms with Gasteiger partial charge in [0.2, 0.25) is 5.91 Å². The first-order chi connectivity index (χ1) is 12.6. The van der Waals surface area contributed by atoms with Crippen LogP contribution in [0, 0.1) is 5.92 Å². The summed E-state index contributed by atoms with van der Waals surface area (Å²) in [6.07, 6.45) is 4.01. The average Bonchev–Trinajstić information content (AvgIpc) is 2.66. The maximum Gasteiger partial charge on any atom is 0.226 e. The first kappa shape index (κ1) is 23.7. The van der Waals surface area contributed by atoms with Crippen molar-refractivity contribution in [3.63, 3.8) is 0 Å². The van der Waals surface area contributed by atoms with Crippen LogP contribution in [0.3, 0.4) is 0 Å². The lowest BCUT2D eigenvalue weighted by atomic mass is 10.1. The molecule has 0 aromatic heterocycles. The molecule has 0 unspecified atom stereocenters. The molecule has 0 saturated carbocycles. The van der Waals surface area contributed by atoms with E-state index in [9.17, 15) is 4.79 Å². The van der Waals surface area contributed by atoms with Crippen LogP contribution in [0.2, 0.25) is 0 Å². The van der Waals surface area contributed by atoms with E-state index in [-0.39, 0.29) is 35.8 Å². The van der Waals surface area contributed by atoms with E-state index < -0.39 is 0 Å². The minimum Gasteiger partial charge on any atom is -0.355 e. The van der Waals surface area contributed by atoms with Crippen LogP contribution in [0.5, 0.6) is 0 Å². The van der Waals surface area contributed by atoms with Gasteiger partial charge in [-0.15, -0.1) is 24.0 Å². The number of anilines is 1. The number of nitrogens with zero attached hydrogens (tertiary/aromatic N) is 2. The van der Waals surface area contributed by atoms with Gasteiger partial charge in [0.15, 0.2) is 5.96 Å². The van der Waals surface area contributed by atoms with Crippen LogP contribution in [0.15, 0.2) is 29.3 Å². The van der Waals surface area contributed by atoms with E-state index in [1.165, 1.54) is 32.4 Å². The third kappa shape index (κ3) is 8.92. The van der Waals surface area contributed by atoms with E-state index in [0.29, 0.717) is 6.54 Å². The molecule has 0 atom stereocenters. The normalized spacial score (nSPS) is 15.2. The Hall–Kier alpha value is -1.35. The van der Waals surface area contributed by atoms with E-state index in [4.69, 9.17) is 0 Å². The second-order valence-corrected chi connectivity index (χ2v) is 7.10. The topological polar surface area (TPSA) is 68.8 Å². The Kier molecular flexibility index (Phi) is 11.3. The molecule has 152 valence electrons. The maximum absolute atomic E-state index is 11.7. The molecule has 1 heterocycles. The quantitative estimate of drug-likeness (QED) is 0.314. The van der Waals surface area contributed by atoms with Gasteiger partial charge in [0.25, 0.3) is 0 Å². The first-order valence-electron chi connectivity index (χ1n) is 9.65. The predicted octanol–water partition coefficient (Wildman–Crippen LogP) is 3.05. The summed E-state index contributed by atoms with van der Waals surface area (Å²) in [7, 11) is 1.79. The molecule has 27 heavy (non-hydrogen) atoms. The van der Waals surface area contributed by atoms with Gasteiger partial charge in [0.05, 0.1) is 0 Å². The molecule has 2 rings (SSSR count). The van der Waals surface area contributed by atoms with Crippen LogP contribution in [0.25, 0.3) is 0 Å². The van der Waals surface area contributed by atoms with Crippen LogP contribution >= 0.6 is 24.0 Å². The number of guanidine groups is 1. The van der Waals surface area contributed by atoms with Crippen molar-refractivity contribution in [2.45, 2.75) is 39.7 Å². The second-order valence-electron chi connectivity index (χ2n) is 7.10. The summed E-state index contributed by atoms with van der Waals surface area (Å²) in [6, 6.07) is 7.90. The highest BCUT2D eigenvalue weighted by molar-refractivity contribution is 14.0. The second kappa shape index (κ2) is 12.9. The number of nitrogens with one attached hydrogen (secondary N) is 3. The number of hydrogen-bond donors (Lipinski definition) is 3. The van der Waals surface area contributed by atoms with E-state index in [2.05, 4.69) is 25.8 Å².